The molecule has 1 aliphatic rings. The molecule has 0 aromatic carbocycles. The van der Waals surface area contributed by atoms with Crippen LogP contribution >= 0.6 is 15.9 Å². The van der Waals surface area contributed by atoms with Crippen LogP contribution in [0.1, 0.15) is 53.4 Å². The number of H-pyrrole nitrogens is 1. The van der Waals surface area contributed by atoms with Crippen LogP contribution in [0, 0.1) is 0 Å². The Bertz CT molecular complexity index is 921. The molecule has 3 N–H and O–H groups in total. The third kappa shape index (κ3) is 5.44. The van der Waals surface area contributed by atoms with Crippen LogP contribution in [0.15, 0.2) is 16.9 Å². The number of nitrogens with one attached hydrogen (secondary N) is 3. The summed E-state index contributed by atoms with van der Waals surface area (Å²) >= 11 is 3.64. The Labute approximate surface area is 185 Å². The molecule has 1 atom stereocenters. The van der Waals surface area contributed by atoms with E-state index in [0.717, 1.165) is 47.0 Å². The Balaban J connectivity index is 1.84. The summed E-state index contributed by atoms with van der Waals surface area (Å²) < 4.78 is 6.25. The number of hydrogen-bond donors (Lipinski definition) is 3. The number of ether oxygens (including phenoxy) is 1. The van der Waals surface area contributed by atoms with Crippen molar-refractivity contribution in [2.45, 2.75) is 65.0 Å². The molecule has 1 unspecified atom stereocenters. The van der Waals surface area contributed by atoms with Crippen molar-refractivity contribution in [1.82, 2.24) is 15.3 Å². The molecule has 1 fully saturated rings. The highest BCUT2D eigenvalue weighted by atomic mass is 79.9. The lowest BCUT2D eigenvalue weighted by Gasteiger charge is -2.36. The molecule has 9 heteroatoms. The minimum atomic E-state index is -0.532. The molecule has 30 heavy (non-hydrogen) atoms. The van der Waals surface area contributed by atoms with E-state index >= 15 is 0 Å². The van der Waals surface area contributed by atoms with Gasteiger partial charge in [0.2, 0.25) is 5.91 Å². The summed E-state index contributed by atoms with van der Waals surface area (Å²) in [5, 5.41) is 6.85. The number of hydrogen-bond acceptors (Lipinski definition) is 5. The number of pyridine rings is 1. The molecule has 2 aromatic heterocycles. The van der Waals surface area contributed by atoms with E-state index < -0.39 is 11.7 Å². The first kappa shape index (κ1) is 22.4. The molecule has 8 nitrogen and oxygen atoms in total. The van der Waals surface area contributed by atoms with Crippen LogP contribution in [0.5, 0.6) is 0 Å². The summed E-state index contributed by atoms with van der Waals surface area (Å²) in [7, 11) is 0. The lowest BCUT2D eigenvalue weighted by Crippen LogP contribution is -2.49. The van der Waals surface area contributed by atoms with Gasteiger partial charge < -0.3 is 25.3 Å². The number of carbonyl (C=O) groups is 2. The number of fused-ring (bicyclic) bond motifs is 1. The predicted molar refractivity (Wildman–Crippen MR) is 122 cm³/mol. The highest BCUT2D eigenvalue weighted by Gasteiger charge is 2.27. The summed E-state index contributed by atoms with van der Waals surface area (Å²) in [6.45, 7) is 9.02. The van der Waals surface area contributed by atoms with Crippen molar-refractivity contribution in [1.29, 1.82) is 0 Å². The zero-order chi connectivity index (χ0) is 21.9. The maximum atomic E-state index is 12.2. The van der Waals surface area contributed by atoms with Crippen molar-refractivity contribution in [3.8, 4) is 0 Å². The van der Waals surface area contributed by atoms with Gasteiger partial charge in [0.05, 0.1) is 21.2 Å². The van der Waals surface area contributed by atoms with Crippen LogP contribution in [0.2, 0.25) is 0 Å². The fourth-order valence-electron chi connectivity index (χ4n) is 3.68. The van der Waals surface area contributed by atoms with Gasteiger partial charge in [-0.25, -0.2) is 9.78 Å². The summed E-state index contributed by atoms with van der Waals surface area (Å²) in [6.07, 6.45) is 6.20. The van der Waals surface area contributed by atoms with Crippen LogP contribution in [-0.4, -0.2) is 46.7 Å². The molecule has 0 aliphatic carbocycles. The van der Waals surface area contributed by atoms with E-state index in [1.54, 1.807) is 12.4 Å². The number of carbonyl (C=O) groups excluding carboxylic acids is 2. The van der Waals surface area contributed by atoms with Crippen molar-refractivity contribution in [2.75, 3.05) is 23.3 Å². The number of aromatic nitrogens is 2. The monoisotopic (exact) mass is 479 g/mol. The molecule has 0 saturated carbocycles. The second-order valence-electron chi connectivity index (χ2n) is 8.61. The number of halogens is 1. The molecule has 0 radical (unpaired) electrons. The SMILES string of the molecule is CCCC(=O)Nc1c[nH]c2ncc(Br)c(N3CCCC(NC(=O)OC(C)(C)C)C3)c12. The number of piperidine rings is 1. The maximum Gasteiger partial charge on any atom is 0.407 e. The number of amides is 2. The third-order valence-electron chi connectivity index (χ3n) is 4.84. The number of alkyl carbamates (subject to hydrolysis) is 1. The van der Waals surface area contributed by atoms with Crippen LogP contribution in [0.4, 0.5) is 16.2 Å². The first-order valence-electron chi connectivity index (χ1n) is 10.4. The average molecular weight is 480 g/mol. The molecule has 1 saturated heterocycles. The molecular weight excluding hydrogens is 450 g/mol. The smallest absolute Gasteiger partial charge is 0.407 e. The first-order chi connectivity index (χ1) is 14.2. The molecule has 3 rings (SSSR count). The Kier molecular flexibility index (Phi) is 6.90. The molecule has 0 spiro atoms. The Morgan fingerprint density at radius 3 is 2.87 bits per heavy atom. The summed E-state index contributed by atoms with van der Waals surface area (Å²) in [5.41, 5.74) is 1.86. The minimum Gasteiger partial charge on any atom is -0.444 e. The lowest BCUT2D eigenvalue weighted by molar-refractivity contribution is -0.116. The molecular formula is C21H30BrN5O3. The van der Waals surface area contributed by atoms with Crippen LogP contribution in [-0.2, 0) is 9.53 Å². The summed E-state index contributed by atoms with van der Waals surface area (Å²) in [6, 6.07) is -0.0270. The van der Waals surface area contributed by atoms with Gasteiger partial charge in [0, 0.05) is 37.9 Å². The number of anilines is 2. The van der Waals surface area contributed by atoms with Gasteiger partial charge in [0.1, 0.15) is 11.2 Å². The molecule has 2 amide bonds. The van der Waals surface area contributed by atoms with E-state index in [-0.39, 0.29) is 11.9 Å². The topological polar surface area (TPSA) is 99.4 Å². The van der Waals surface area contributed by atoms with Gasteiger partial charge in [0.15, 0.2) is 0 Å². The fourth-order valence-corrected chi connectivity index (χ4v) is 4.23. The highest BCUT2D eigenvalue weighted by Crippen LogP contribution is 2.39. The Morgan fingerprint density at radius 2 is 2.17 bits per heavy atom. The van der Waals surface area contributed by atoms with Gasteiger partial charge in [0.25, 0.3) is 0 Å². The second kappa shape index (κ2) is 9.24. The quantitative estimate of drug-likeness (QED) is 0.583. The summed E-state index contributed by atoms with van der Waals surface area (Å²) in [5.74, 6) is -0.0209. The van der Waals surface area contributed by atoms with Gasteiger partial charge in [-0.3, -0.25) is 4.79 Å². The van der Waals surface area contributed by atoms with Gasteiger partial charge in [-0.05, 0) is 56.0 Å². The molecule has 0 bridgehead atoms. The Hall–Kier alpha value is -2.29. The maximum absolute atomic E-state index is 12.2. The predicted octanol–water partition coefficient (Wildman–Crippen LogP) is 4.56. The van der Waals surface area contributed by atoms with E-state index in [9.17, 15) is 9.59 Å². The average Bonchev–Trinajstić information content (AvgIpc) is 3.03. The number of aromatic amines is 1. The van der Waals surface area contributed by atoms with E-state index in [1.807, 2.05) is 27.7 Å². The van der Waals surface area contributed by atoms with E-state index in [1.165, 1.54) is 0 Å². The minimum absolute atomic E-state index is 0.0209. The van der Waals surface area contributed by atoms with Crippen molar-refractivity contribution in [3.05, 3.63) is 16.9 Å². The second-order valence-corrected chi connectivity index (χ2v) is 9.46. The lowest BCUT2D eigenvalue weighted by atomic mass is 10.0. The van der Waals surface area contributed by atoms with Gasteiger partial charge in [-0.2, -0.15) is 0 Å². The van der Waals surface area contributed by atoms with Gasteiger partial charge in [-0.15, -0.1) is 0 Å². The zero-order valence-corrected chi connectivity index (χ0v) is 19.6. The summed E-state index contributed by atoms with van der Waals surface area (Å²) in [4.78, 5) is 34.2. The Morgan fingerprint density at radius 1 is 1.40 bits per heavy atom. The largest absolute Gasteiger partial charge is 0.444 e. The van der Waals surface area contributed by atoms with E-state index in [2.05, 4.69) is 41.4 Å². The van der Waals surface area contributed by atoms with Crippen molar-refractivity contribution in [2.24, 2.45) is 0 Å². The van der Waals surface area contributed by atoms with E-state index in [4.69, 9.17) is 4.74 Å². The molecule has 2 aromatic rings. The molecule has 3 heterocycles. The van der Waals surface area contributed by atoms with Crippen LogP contribution < -0.4 is 15.5 Å². The third-order valence-corrected chi connectivity index (χ3v) is 5.42. The van der Waals surface area contributed by atoms with E-state index in [0.29, 0.717) is 18.6 Å². The van der Waals surface area contributed by atoms with Crippen LogP contribution in [0.3, 0.4) is 0 Å². The van der Waals surface area contributed by atoms with Gasteiger partial charge >= 0.3 is 6.09 Å². The number of nitrogens with zero attached hydrogens (tertiary/aromatic N) is 2. The van der Waals surface area contributed by atoms with Crippen molar-refractivity contribution in [3.63, 3.8) is 0 Å². The van der Waals surface area contributed by atoms with Crippen molar-refractivity contribution < 1.29 is 14.3 Å². The normalized spacial score (nSPS) is 17.1. The van der Waals surface area contributed by atoms with Crippen LogP contribution in [0.25, 0.3) is 11.0 Å². The molecule has 164 valence electrons. The zero-order valence-electron chi connectivity index (χ0n) is 18.0. The standard InChI is InChI=1S/C21H30BrN5O3/c1-5-7-16(28)26-15-11-24-19-17(15)18(14(22)10-23-19)27-9-6-8-13(12-27)25-20(29)30-21(2,3)4/h10-11,13H,5-9,12H2,1-4H3,(H,23,24)(H,25,29)(H,26,28). The number of rotatable bonds is 5. The molecule has 1 aliphatic heterocycles. The fraction of sp³-hybridized carbons (Fsp3) is 0.571. The van der Waals surface area contributed by atoms with Crippen molar-refractivity contribution >= 4 is 50.3 Å². The first-order valence-corrected chi connectivity index (χ1v) is 11.2. The highest BCUT2D eigenvalue weighted by molar-refractivity contribution is 9.10. The van der Waals surface area contributed by atoms with Gasteiger partial charge in [-0.1, -0.05) is 6.92 Å².